The van der Waals surface area contributed by atoms with Gasteiger partial charge in [0.05, 0.1) is 5.56 Å². The number of alkyl halides is 3. The van der Waals surface area contributed by atoms with Gasteiger partial charge in [0.25, 0.3) is 0 Å². The Labute approximate surface area is 201 Å². The van der Waals surface area contributed by atoms with Gasteiger partial charge in [0.15, 0.2) is 5.16 Å². The molecule has 1 aromatic carbocycles. The van der Waals surface area contributed by atoms with Crippen molar-refractivity contribution >= 4 is 11.8 Å². The Morgan fingerprint density at radius 2 is 2.00 bits per heavy atom. The van der Waals surface area contributed by atoms with Gasteiger partial charge in [-0.1, -0.05) is 17.8 Å². The van der Waals surface area contributed by atoms with Crippen molar-refractivity contribution in [1.29, 1.82) is 0 Å². The predicted octanol–water partition coefficient (Wildman–Crippen LogP) is 5.23. The number of thioether (sulfide) groups is 1. The van der Waals surface area contributed by atoms with Gasteiger partial charge in [0, 0.05) is 38.5 Å². The summed E-state index contributed by atoms with van der Waals surface area (Å²) in [5.74, 6) is 1.71. The molecule has 0 unspecified atom stereocenters. The summed E-state index contributed by atoms with van der Waals surface area (Å²) in [6.45, 7) is 4.37. The zero-order chi connectivity index (χ0) is 23.9. The molecular formula is C24H30F4N4OS. The summed E-state index contributed by atoms with van der Waals surface area (Å²) in [5, 5.41) is 9.74. The van der Waals surface area contributed by atoms with Crippen LogP contribution >= 0.6 is 11.8 Å². The number of halogens is 4. The number of aromatic nitrogens is 3. The van der Waals surface area contributed by atoms with Crippen molar-refractivity contribution in [3.05, 3.63) is 41.0 Å². The van der Waals surface area contributed by atoms with Gasteiger partial charge >= 0.3 is 6.18 Å². The number of likely N-dealkylation sites (tertiary alicyclic amines) is 1. The van der Waals surface area contributed by atoms with Crippen LogP contribution in [0.2, 0.25) is 0 Å². The van der Waals surface area contributed by atoms with E-state index in [0.717, 1.165) is 87.8 Å². The van der Waals surface area contributed by atoms with E-state index in [1.54, 1.807) is 11.8 Å². The summed E-state index contributed by atoms with van der Waals surface area (Å²) in [6, 6.07) is 2.99. The van der Waals surface area contributed by atoms with Gasteiger partial charge in [-0.25, -0.2) is 4.39 Å². The third-order valence-electron chi connectivity index (χ3n) is 7.66. The molecule has 0 radical (unpaired) electrons. The van der Waals surface area contributed by atoms with Gasteiger partial charge in [-0.05, 0) is 74.2 Å². The summed E-state index contributed by atoms with van der Waals surface area (Å²) >= 11 is 1.72. The molecule has 34 heavy (non-hydrogen) atoms. The van der Waals surface area contributed by atoms with Crippen LogP contribution in [-0.2, 0) is 18.0 Å². The molecule has 10 heteroatoms. The number of rotatable bonds is 7. The van der Waals surface area contributed by atoms with Crippen molar-refractivity contribution in [2.45, 2.75) is 55.3 Å². The fraction of sp³-hybridized carbons (Fsp3) is 0.667. The first-order valence-electron chi connectivity index (χ1n) is 12.0. The average Bonchev–Trinajstić information content (AvgIpc) is 3.14. The van der Waals surface area contributed by atoms with E-state index < -0.39 is 17.6 Å². The maximum atomic E-state index is 14.4. The van der Waals surface area contributed by atoms with E-state index in [2.05, 4.69) is 19.7 Å². The monoisotopic (exact) mass is 498 g/mol. The van der Waals surface area contributed by atoms with Crippen molar-refractivity contribution < 1.29 is 22.3 Å². The van der Waals surface area contributed by atoms with Crippen LogP contribution in [0.25, 0.3) is 0 Å². The van der Waals surface area contributed by atoms with Crippen LogP contribution in [0.15, 0.2) is 23.4 Å². The van der Waals surface area contributed by atoms with Crippen LogP contribution in [0.5, 0.6) is 0 Å². The first-order chi connectivity index (χ1) is 16.3. The van der Waals surface area contributed by atoms with Gasteiger partial charge in [0.2, 0.25) is 0 Å². The summed E-state index contributed by atoms with van der Waals surface area (Å²) in [6.07, 6.45) is 0.312. The van der Waals surface area contributed by atoms with Crippen molar-refractivity contribution in [3.8, 4) is 0 Å². The van der Waals surface area contributed by atoms with Crippen LogP contribution in [0.1, 0.15) is 60.9 Å². The molecule has 2 aromatic rings. The van der Waals surface area contributed by atoms with Crippen molar-refractivity contribution in [1.82, 2.24) is 19.7 Å². The molecule has 3 fully saturated rings. The second-order valence-corrected chi connectivity index (χ2v) is 10.9. The first kappa shape index (κ1) is 24.1. The van der Waals surface area contributed by atoms with Crippen molar-refractivity contribution in [2.75, 3.05) is 38.6 Å². The number of benzene rings is 1. The highest BCUT2D eigenvalue weighted by Gasteiger charge is 2.58. The molecule has 2 saturated heterocycles. The first-order valence-corrected chi connectivity index (χ1v) is 12.9. The lowest BCUT2D eigenvalue weighted by molar-refractivity contribution is -0.137. The number of nitrogens with zero attached hydrogens (tertiary/aromatic N) is 4. The summed E-state index contributed by atoms with van der Waals surface area (Å²) in [4.78, 5) is 2.41. The molecule has 5 nitrogen and oxygen atoms in total. The minimum absolute atomic E-state index is 0.0237. The summed E-state index contributed by atoms with van der Waals surface area (Å²) in [5.41, 5.74) is -0.458. The number of ether oxygens (including phenoxy) is 1. The smallest absolute Gasteiger partial charge is 0.381 e. The topological polar surface area (TPSA) is 43.2 Å². The predicted molar refractivity (Wildman–Crippen MR) is 121 cm³/mol. The van der Waals surface area contributed by atoms with Gasteiger partial charge < -0.3 is 14.2 Å². The molecule has 1 spiro atoms. The van der Waals surface area contributed by atoms with E-state index in [0.29, 0.717) is 17.5 Å². The average molecular weight is 499 g/mol. The van der Waals surface area contributed by atoms with E-state index >= 15 is 0 Å². The second-order valence-electron chi connectivity index (χ2n) is 9.87. The third-order valence-corrected chi connectivity index (χ3v) is 8.77. The molecule has 3 aliphatic rings. The molecule has 0 N–H and O–H groups in total. The van der Waals surface area contributed by atoms with Gasteiger partial charge in [-0.15, -0.1) is 10.2 Å². The molecule has 2 aliphatic heterocycles. The Kier molecular flexibility index (Phi) is 6.67. The second kappa shape index (κ2) is 9.43. The zero-order valence-corrected chi connectivity index (χ0v) is 20.1. The van der Waals surface area contributed by atoms with Gasteiger partial charge in [-0.2, -0.15) is 13.2 Å². The molecule has 1 saturated carbocycles. The minimum Gasteiger partial charge on any atom is -0.381 e. The van der Waals surface area contributed by atoms with E-state index in [9.17, 15) is 17.6 Å². The third kappa shape index (κ3) is 4.86. The van der Waals surface area contributed by atoms with Gasteiger partial charge in [0.1, 0.15) is 11.6 Å². The lowest BCUT2D eigenvalue weighted by Crippen LogP contribution is -2.23. The zero-order valence-electron chi connectivity index (χ0n) is 19.3. The molecule has 1 aliphatic carbocycles. The fourth-order valence-corrected chi connectivity index (χ4v) is 6.46. The Balaban J connectivity index is 1.09. The Morgan fingerprint density at radius 1 is 1.21 bits per heavy atom. The summed E-state index contributed by atoms with van der Waals surface area (Å²) in [7, 11) is 2.03. The van der Waals surface area contributed by atoms with Crippen LogP contribution < -0.4 is 0 Å². The molecule has 0 amide bonds. The van der Waals surface area contributed by atoms with Crippen molar-refractivity contribution in [2.24, 2.45) is 12.5 Å². The van der Waals surface area contributed by atoms with E-state index in [4.69, 9.17) is 4.74 Å². The molecule has 5 rings (SSSR count). The summed E-state index contributed by atoms with van der Waals surface area (Å²) < 4.78 is 60.5. The largest absolute Gasteiger partial charge is 0.416 e. The highest BCUT2D eigenvalue weighted by atomic mass is 32.2. The highest BCUT2D eigenvalue weighted by molar-refractivity contribution is 7.99. The molecule has 186 valence electrons. The quantitative estimate of drug-likeness (QED) is 0.297. The van der Waals surface area contributed by atoms with E-state index in [1.165, 1.54) is 6.07 Å². The highest BCUT2D eigenvalue weighted by Crippen LogP contribution is 2.64. The molecule has 1 aromatic heterocycles. The molecule has 0 bridgehead atoms. The Bertz CT molecular complexity index is 1020. The van der Waals surface area contributed by atoms with E-state index in [-0.39, 0.29) is 11.3 Å². The minimum atomic E-state index is -4.51. The maximum Gasteiger partial charge on any atom is 0.416 e. The van der Waals surface area contributed by atoms with Crippen LogP contribution in [0.4, 0.5) is 17.6 Å². The molecular weight excluding hydrogens is 468 g/mol. The van der Waals surface area contributed by atoms with Crippen LogP contribution in [0, 0.1) is 11.2 Å². The lowest BCUT2D eigenvalue weighted by Gasteiger charge is -2.21. The fourth-order valence-electron chi connectivity index (χ4n) is 5.61. The van der Waals surface area contributed by atoms with Crippen molar-refractivity contribution in [3.63, 3.8) is 0 Å². The number of hydrogen-bond acceptors (Lipinski definition) is 5. The molecule has 3 heterocycles. The van der Waals surface area contributed by atoms with Crippen LogP contribution in [0.3, 0.4) is 0 Å². The normalized spacial score (nSPS) is 26.0. The SMILES string of the molecule is Cn1c(SCCCN2CC[C@@]3(C[C@H]3c3ccc(C(F)(F)F)cc3F)C2)nnc1C1CCOCC1. The maximum absolute atomic E-state index is 14.4. The molecule has 2 atom stereocenters. The van der Waals surface area contributed by atoms with Gasteiger partial charge in [-0.3, -0.25) is 0 Å². The lowest BCUT2D eigenvalue weighted by atomic mass is 9.97. The number of hydrogen-bond donors (Lipinski definition) is 0. The Morgan fingerprint density at radius 3 is 2.74 bits per heavy atom. The van der Waals surface area contributed by atoms with Crippen LogP contribution in [-0.4, -0.2) is 58.3 Å². The Hall–Kier alpha value is -1.65. The van der Waals surface area contributed by atoms with E-state index in [1.807, 2.05) is 7.05 Å². The standard InChI is InChI=1S/C24H30F4N4OS/c1-31-21(16-5-10-33-11-6-16)29-30-22(31)34-12-2-8-32-9-7-23(15-32)14-19(23)18-4-3-17(13-20(18)25)24(26,27)28/h3-4,13,16,19H,2,5-12,14-15H2,1H3/t19-,23+/m0/s1.